The second kappa shape index (κ2) is 6.02. The molecule has 2 heterocycles. The van der Waals surface area contributed by atoms with Crippen LogP contribution in [0, 0.1) is 6.92 Å². The Balaban J connectivity index is 1.83. The molecule has 1 aromatic carbocycles. The van der Waals surface area contributed by atoms with Crippen molar-refractivity contribution in [1.82, 2.24) is 14.3 Å². The van der Waals surface area contributed by atoms with Crippen LogP contribution in [0.5, 0.6) is 5.75 Å². The topological polar surface area (TPSA) is 72.7 Å². The fourth-order valence-corrected chi connectivity index (χ4v) is 3.49. The van der Waals surface area contributed by atoms with Crippen LogP contribution >= 0.6 is 0 Å². The molecule has 0 saturated carbocycles. The van der Waals surface area contributed by atoms with Crippen molar-refractivity contribution in [3.8, 4) is 5.75 Å². The Hall–Kier alpha value is -2.38. The Labute approximate surface area is 134 Å². The number of hydrogen-bond acceptors (Lipinski definition) is 4. The summed E-state index contributed by atoms with van der Waals surface area (Å²) >= 11 is 0. The van der Waals surface area contributed by atoms with Crippen LogP contribution in [-0.2, 0) is 16.6 Å². The standard InChI is InChI=1S/C16H17N3O3S/c1-12-9-14(6-7-16(12)22-2)23(20,21)18-11-13-10-17-19-8-4-3-5-15(13)19/h3-10,18H,11H2,1-2H3. The van der Waals surface area contributed by atoms with Crippen molar-refractivity contribution in [3.63, 3.8) is 0 Å². The lowest BCUT2D eigenvalue weighted by atomic mass is 10.2. The molecule has 0 bridgehead atoms. The molecule has 0 amide bonds. The highest BCUT2D eigenvalue weighted by Gasteiger charge is 2.16. The van der Waals surface area contributed by atoms with Gasteiger partial charge in [-0.15, -0.1) is 0 Å². The number of fused-ring (bicyclic) bond motifs is 1. The summed E-state index contributed by atoms with van der Waals surface area (Å²) in [5, 5.41) is 4.19. The van der Waals surface area contributed by atoms with Gasteiger partial charge < -0.3 is 4.74 Å². The number of hydrogen-bond donors (Lipinski definition) is 1. The van der Waals surface area contributed by atoms with Crippen molar-refractivity contribution in [2.45, 2.75) is 18.4 Å². The van der Waals surface area contributed by atoms with Gasteiger partial charge >= 0.3 is 0 Å². The molecule has 6 nitrogen and oxygen atoms in total. The Morgan fingerprint density at radius 2 is 2.09 bits per heavy atom. The number of benzene rings is 1. The highest BCUT2D eigenvalue weighted by molar-refractivity contribution is 7.89. The highest BCUT2D eigenvalue weighted by atomic mass is 32.2. The number of rotatable bonds is 5. The Morgan fingerprint density at radius 3 is 2.83 bits per heavy atom. The van der Waals surface area contributed by atoms with E-state index >= 15 is 0 Å². The van der Waals surface area contributed by atoms with Gasteiger partial charge in [0.15, 0.2) is 0 Å². The van der Waals surface area contributed by atoms with E-state index in [9.17, 15) is 8.42 Å². The molecule has 0 aliphatic heterocycles. The molecular weight excluding hydrogens is 314 g/mol. The van der Waals surface area contributed by atoms with Gasteiger partial charge in [0.25, 0.3) is 0 Å². The predicted molar refractivity (Wildman–Crippen MR) is 86.9 cm³/mol. The van der Waals surface area contributed by atoms with E-state index in [0.717, 1.165) is 16.6 Å². The van der Waals surface area contributed by atoms with Crippen LogP contribution in [0.15, 0.2) is 53.7 Å². The summed E-state index contributed by atoms with van der Waals surface area (Å²) in [5.41, 5.74) is 2.46. The van der Waals surface area contributed by atoms with Crippen LogP contribution in [0.1, 0.15) is 11.1 Å². The Kier molecular flexibility index (Phi) is 4.06. The SMILES string of the molecule is COc1ccc(S(=O)(=O)NCc2cnn3ccccc23)cc1C. The summed E-state index contributed by atoms with van der Waals surface area (Å²) in [7, 11) is -2.04. The predicted octanol–water partition coefficient (Wildman–Crippen LogP) is 2.13. The number of nitrogens with one attached hydrogen (secondary N) is 1. The molecule has 0 fully saturated rings. The van der Waals surface area contributed by atoms with Crippen LogP contribution in [0.2, 0.25) is 0 Å². The second-order valence-corrected chi connectivity index (χ2v) is 6.92. The van der Waals surface area contributed by atoms with E-state index in [4.69, 9.17) is 4.74 Å². The third-order valence-corrected chi connectivity index (χ3v) is 5.03. The lowest BCUT2D eigenvalue weighted by Crippen LogP contribution is -2.23. The zero-order chi connectivity index (χ0) is 16.4. The molecule has 1 N–H and O–H groups in total. The number of aryl methyl sites for hydroxylation is 1. The van der Waals surface area contributed by atoms with E-state index in [0.29, 0.717) is 5.75 Å². The first-order chi connectivity index (χ1) is 11.0. The van der Waals surface area contributed by atoms with Gasteiger partial charge in [0, 0.05) is 18.3 Å². The molecule has 0 aliphatic carbocycles. The Morgan fingerprint density at radius 1 is 1.26 bits per heavy atom. The van der Waals surface area contributed by atoms with Crippen LogP contribution in [0.3, 0.4) is 0 Å². The molecule has 120 valence electrons. The van der Waals surface area contributed by atoms with Crippen LogP contribution in [0.25, 0.3) is 5.52 Å². The van der Waals surface area contributed by atoms with Gasteiger partial charge in [0.1, 0.15) is 5.75 Å². The largest absolute Gasteiger partial charge is 0.496 e. The summed E-state index contributed by atoms with van der Waals surface area (Å²) in [6.45, 7) is 1.99. The summed E-state index contributed by atoms with van der Waals surface area (Å²) in [5.74, 6) is 0.659. The average Bonchev–Trinajstić information content (AvgIpc) is 2.96. The van der Waals surface area contributed by atoms with Gasteiger partial charge in [0.2, 0.25) is 10.0 Å². The molecular formula is C16H17N3O3S. The van der Waals surface area contributed by atoms with Gasteiger partial charge in [-0.2, -0.15) is 5.10 Å². The summed E-state index contributed by atoms with van der Waals surface area (Å²) in [4.78, 5) is 0.215. The second-order valence-electron chi connectivity index (χ2n) is 5.16. The number of ether oxygens (including phenoxy) is 1. The summed E-state index contributed by atoms with van der Waals surface area (Å²) in [6, 6.07) is 10.4. The van der Waals surface area contributed by atoms with Crippen molar-refractivity contribution in [1.29, 1.82) is 0 Å². The van der Waals surface area contributed by atoms with Crippen molar-refractivity contribution < 1.29 is 13.2 Å². The van der Waals surface area contributed by atoms with Gasteiger partial charge in [-0.1, -0.05) is 6.07 Å². The number of sulfonamides is 1. The minimum atomic E-state index is -3.60. The molecule has 0 spiro atoms. The van der Waals surface area contributed by atoms with Crippen molar-refractivity contribution in [2.75, 3.05) is 7.11 Å². The van der Waals surface area contributed by atoms with E-state index in [1.54, 1.807) is 30.0 Å². The van der Waals surface area contributed by atoms with E-state index in [1.165, 1.54) is 6.07 Å². The van der Waals surface area contributed by atoms with Gasteiger partial charge in [-0.05, 0) is 42.8 Å². The van der Waals surface area contributed by atoms with E-state index in [2.05, 4.69) is 9.82 Å². The molecule has 3 aromatic rings. The third kappa shape index (κ3) is 3.06. The maximum atomic E-state index is 12.4. The molecule has 0 atom stereocenters. The number of nitrogens with zero attached hydrogens (tertiary/aromatic N) is 2. The monoisotopic (exact) mass is 331 g/mol. The number of aromatic nitrogens is 2. The summed E-state index contributed by atoms with van der Waals surface area (Å²) < 4.78 is 34.3. The van der Waals surface area contributed by atoms with Crippen molar-refractivity contribution in [3.05, 3.63) is 59.9 Å². The molecule has 3 rings (SSSR count). The highest BCUT2D eigenvalue weighted by Crippen LogP contribution is 2.21. The van der Waals surface area contributed by atoms with Crippen LogP contribution < -0.4 is 9.46 Å². The summed E-state index contributed by atoms with van der Waals surface area (Å²) in [6.07, 6.45) is 3.48. The maximum absolute atomic E-state index is 12.4. The third-order valence-electron chi connectivity index (χ3n) is 3.64. The smallest absolute Gasteiger partial charge is 0.240 e. The minimum absolute atomic E-state index is 0.181. The van der Waals surface area contributed by atoms with E-state index < -0.39 is 10.0 Å². The lowest BCUT2D eigenvalue weighted by molar-refractivity contribution is 0.411. The zero-order valence-electron chi connectivity index (χ0n) is 12.9. The average molecular weight is 331 g/mol. The molecule has 0 unspecified atom stereocenters. The fourth-order valence-electron chi connectivity index (χ4n) is 2.40. The normalized spacial score (nSPS) is 11.7. The van der Waals surface area contributed by atoms with Crippen molar-refractivity contribution >= 4 is 15.5 Å². The van der Waals surface area contributed by atoms with Crippen LogP contribution in [0.4, 0.5) is 0 Å². The molecule has 0 aliphatic rings. The van der Waals surface area contributed by atoms with E-state index in [1.807, 2.05) is 31.3 Å². The van der Waals surface area contributed by atoms with Gasteiger partial charge in [-0.25, -0.2) is 17.7 Å². The number of pyridine rings is 1. The maximum Gasteiger partial charge on any atom is 0.240 e. The van der Waals surface area contributed by atoms with Crippen LogP contribution in [-0.4, -0.2) is 25.1 Å². The first-order valence-electron chi connectivity index (χ1n) is 7.07. The molecule has 23 heavy (non-hydrogen) atoms. The zero-order valence-corrected chi connectivity index (χ0v) is 13.7. The first-order valence-corrected chi connectivity index (χ1v) is 8.55. The first kappa shape index (κ1) is 15.5. The minimum Gasteiger partial charge on any atom is -0.496 e. The molecule has 2 aromatic heterocycles. The van der Waals surface area contributed by atoms with Crippen molar-refractivity contribution in [2.24, 2.45) is 0 Å². The molecule has 0 saturated heterocycles. The fraction of sp³-hybridized carbons (Fsp3) is 0.188. The Bertz CT molecular complexity index is 948. The quantitative estimate of drug-likeness (QED) is 0.777. The van der Waals surface area contributed by atoms with E-state index in [-0.39, 0.29) is 11.4 Å². The van der Waals surface area contributed by atoms with Gasteiger partial charge in [0.05, 0.1) is 23.7 Å². The molecule has 7 heteroatoms. The van der Waals surface area contributed by atoms with Gasteiger partial charge in [-0.3, -0.25) is 0 Å². The lowest BCUT2D eigenvalue weighted by Gasteiger charge is -2.09. The molecule has 0 radical (unpaired) electrons. The number of methoxy groups -OCH3 is 1.